The zero-order valence-electron chi connectivity index (χ0n) is 7.87. The average Bonchev–Trinajstić information content (AvgIpc) is 2.14. The largest absolute Gasteiger partial charge is 0.474 e. The highest BCUT2D eigenvalue weighted by Gasteiger charge is 2.19. The van der Waals surface area contributed by atoms with E-state index in [4.69, 9.17) is 22.1 Å². The lowest BCUT2D eigenvalue weighted by Gasteiger charge is -2.25. The van der Waals surface area contributed by atoms with Gasteiger partial charge < -0.3 is 10.5 Å². The Bertz CT molecular complexity index is 326. The summed E-state index contributed by atoms with van der Waals surface area (Å²) in [5.41, 5.74) is 6.41. The van der Waals surface area contributed by atoms with E-state index in [0.29, 0.717) is 23.6 Å². The lowest BCUT2D eigenvalue weighted by Crippen LogP contribution is -2.25. The van der Waals surface area contributed by atoms with Gasteiger partial charge in [-0.15, -0.1) is 0 Å². The van der Waals surface area contributed by atoms with E-state index in [0.717, 1.165) is 18.4 Å². The monoisotopic (exact) mass is 212 g/mol. The Balaban J connectivity index is 2.09. The van der Waals surface area contributed by atoms with E-state index in [9.17, 15) is 0 Å². The van der Waals surface area contributed by atoms with E-state index in [1.165, 1.54) is 6.42 Å². The van der Waals surface area contributed by atoms with Crippen LogP contribution in [0.2, 0.25) is 5.02 Å². The minimum absolute atomic E-state index is 0.342. The van der Waals surface area contributed by atoms with Crippen LogP contribution in [0.1, 0.15) is 24.8 Å². The van der Waals surface area contributed by atoms with Crippen LogP contribution in [0, 0.1) is 0 Å². The Morgan fingerprint density at radius 2 is 2.36 bits per heavy atom. The molecule has 1 aliphatic rings. The van der Waals surface area contributed by atoms with Crippen molar-refractivity contribution in [1.29, 1.82) is 0 Å². The van der Waals surface area contributed by atoms with Crippen LogP contribution in [0.4, 0.5) is 0 Å². The fourth-order valence-electron chi connectivity index (χ4n) is 1.34. The molecule has 2 rings (SSSR count). The second kappa shape index (κ2) is 4.15. The molecule has 1 aromatic rings. The smallest absolute Gasteiger partial charge is 0.213 e. The van der Waals surface area contributed by atoms with Gasteiger partial charge in [-0.05, 0) is 24.8 Å². The number of halogens is 1. The zero-order chi connectivity index (χ0) is 9.97. The molecule has 0 spiro atoms. The van der Waals surface area contributed by atoms with Gasteiger partial charge in [-0.3, -0.25) is 0 Å². The quantitative estimate of drug-likeness (QED) is 0.835. The van der Waals surface area contributed by atoms with Gasteiger partial charge in [0.1, 0.15) is 6.10 Å². The molecule has 1 heterocycles. The van der Waals surface area contributed by atoms with Crippen molar-refractivity contribution in [3.63, 3.8) is 0 Å². The van der Waals surface area contributed by atoms with Gasteiger partial charge in [-0.1, -0.05) is 11.6 Å². The number of pyridine rings is 1. The maximum atomic E-state index is 5.88. The molecule has 0 radical (unpaired) electrons. The van der Waals surface area contributed by atoms with Crippen molar-refractivity contribution in [3.8, 4) is 5.88 Å². The molecule has 1 aromatic heterocycles. The highest BCUT2D eigenvalue weighted by atomic mass is 35.5. The van der Waals surface area contributed by atoms with Gasteiger partial charge in [0.2, 0.25) is 5.88 Å². The predicted octanol–water partition coefficient (Wildman–Crippen LogP) is 2.12. The summed E-state index contributed by atoms with van der Waals surface area (Å²) in [5.74, 6) is 0.638. The minimum Gasteiger partial charge on any atom is -0.474 e. The summed E-state index contributed by atoms with van der Waals surface area (Å²) < 4.78 is 5.62. The van der Waals surface area contributed by atoms with E-state index in [1.54, 1.807) is 6.20 Å². The SMILES string of the molecule is NCc1cc(OC2CCC2)ncc1Cl. The van der Waals surface area contributed by atoms with Crippen LogP contribution in [-0.4, -0.2) is 11.1 Å². The molecule has 1 fully saturated rings. The number of hydrogen-bond acceptors (Lipinski definition) is 3. The molecule has 0 atom stereocenters. The summed E-state index contributed by atoms with van der Waals surface area (Å²) in [6.45, 7) is 0.419. The van der Waals surface area contributed by atoms with Crippen LogP contribution in [0.3, 0.4) is 0 Å². The number of hydrogen-bond donors (Lipinski definition) is 1. The molecule has 76 valence electrons. The summed E-state index contributed by atoms with van der Waals surface area (Å²) in [4.78, 5) is 4.10. The van der Waals surface area contributed by atoms with Crippen LogP contribution < -0.4 is 10.5 Å². The fraction of sp³-hybridized carbons (Fsp3) is 0.500. The molecule has 0 aromatic carbocycles. The van der Waals surface area contributed by atoms with E-state index in [-0.39, 0.29) is 0 Å². The molecule has 1 aliphatic carbocycles. The number of nitrogens with two attached hydrogens (primary N) is 1. The van der Waals surface area contributed by atoms with Crippen molar-refractivity contribution >= 4 is 11.6 Å². The molecular formula is C10H13ClN2O. The van der Waals surface area contributed by atoms with E-state index in [2.05, 4.69) is 4.98 Å². The third-order valence-electron chi connectivity index (χ3n) is 2.47. The molecule has 0 unspecified atom stereocenters. The number of ether oxygens (including phenoxy) is 1. The third kappa shape index (κ3) is 1.99. The normalized spacial score (nSPS) is 16.4. The van der Waals surface area contributed by atoms with Crippen molar-refractivity contribution in [1.82, 2.24) is 4.98 Å². The molecule has 0 saturated heterocycles. The van der Waals surface area contributed by atoms with Crippen LogP contribution in [0.15, 0.2) is 12.3 Å². The predicted molar refractivity (Wildman–Crippen MR) is 55.4 cm³/mol. The zero-order valence-corrected chi connectivity index (χ0v) is 8.63. The number of nitrogens with zero attached hydrogens (tertiary/aromatic N) is 1. The van der Waals surface area contributed by atoms with E-state index in [1.807, 2.05) is 6.07 Å². The Hall–Kier alpha value is -0.800. The fourth-order valence-corrected chi connectivity index (χ4v) is 1.52. The molecular weight excluding hydrogens is 200 g/mol. The standard InChI is InChI=1S/C10H13ClN2O/c11-9-6-13-10(4-7(9)5-12)14-8-2-1-3-8/h4,6,8H,1-3,5,12H2. The van der Waals surface area contributed by atoms with Gasteiger partial charge in [0.15, 0.2) is 0 Å². The van der Waals surface area contributed by atoms with Crippen molar-refractivity contribution in [3.05, 3.63) is 22.8 Å². The Morgan fingerprint density at radius 1 is 1.57 bits per heavy atom. The van der Waals surface area contributed by atoms with Gasteiger partial charge in [0.25, 0.3) is 0 Å². The minimum atomic E-state index is 0.342. The van der Waals surface area contributed by atoms with Gasteiger partial charge >= 0.3 is 0 Å². The Morgan fingerprint density at radius 3 is 2.93 bits per heavy atom. The van der Waals surface area contributed by atoms with Crippen molar-refractivity contribution in [2.45, 2.75) is 31.9 Å². The molecule has 14 heavy (non-hydrogen) atoms. The first kappa shape index (κ1) is 9.74. The first-order chi connectivity index (χ1) is 6.79. The van der Waals surface area contributed by atoms with Gasteiger partial charge in [-0.25, -0.2) is 4.98 Å². The first-order valence-corrected chi connectivity index (χ1v) is 5.18. The third-order valence-corrected chi connectivity index (χ3v) is 2.81. The van der Waals surface area contributed by atoms with Crippen molar-refractivity contribution in [2.24, 2.45) is 5.73 Å². The van der Waals surface area contributed by atoms with Crippen LogP contribution in [0.25, 0.3) is 0 Å². The summed E-state index contributed by atoms with van der Waals surface area (Å²) in [7, 11) is 0. The molecule has 0 aliphatic heterocycles. The second-order valence-corrected chi connectivity index (χ2v) is 3.90. The summed E-state index contributed by atoms with van der Waals surface area (Å²) >= 11 is 5.88. The van der Waals surface area contributed by atoms with Crippen molar-refractivity contribution < 1.29 is 4.74 Å². The lowest BCUT2D eigenvalue weighted by atomic mass is 9.96. The van der Waals surface area contributed by atoms with E-state index >= 15 is 0 Å². The number of rotatable bonds is 3. The second-order valence-electron chi connectivity index (χ2n) is 3.49. The Kier molecular flexibility index (Phi) is 2.89. The van der Waals surface area contributed by atoms with Crippen LogP contribution >= 0.6 is 11.6 Å². The van der Waals surface area contributed by atoms with Gasteiger partial charge in [-0.2, -0.15) is 0 Å². The molecule has 2 N–H and O–H groups in total. The molecule has 4 heteroatoms. The van der Waals surface area contributed by atoms with Crippen LogP contribution in [-0.2, 0) is 6.54 Å². The van der Waals surface area contributed by atoms with E-state index < -0.39 is 0 Å². The molecule has 3 nitrogen and oxygen atoms in total. The summed E-state index contributed by atoms with van der Waals surface area (Å²) in [5, 5.41) is 0.605. The molecule has 1 saturated carbocycles. The van der Waals surface area contributed by atoms with Crippen molar-refractivity contribution in [2.75, 3.05) is 0 Å². The van der Waals surface area contributed by atoms with Crippen LogP contribution in [0.5, 0.6) is 5.88 Å². The lowest BCUT2D eigenvalue weighted by molar-refractivity contribution is 0.114. The maximum absolute atomic E-state index is 5.88. The molecule has 0 amide bonds. The maximum Gasteiger partial charge on any atom is 0.213 e. The van der Waals surface area contributed by atoms with Gasteiger partial charge in [0, 0.05) is 18.8 Å². The molecule has 0 bridgehead atoms. The number of aromatic nitrogens is 1. The highest BCUT2D eigenvalue weighted by molar-refractivity contribution is 6.31. The average molecular weight is 213 g/mol. The highest BCUT2D eigenvalue weighted by Crippen LogP contribution is 2.25. The van der Waals surface area contributed by atoms with Gasteiger partial charge in [0.05, 0.1) is 5.02 Å². The summed E-state index contributed by atoms with van der Waals surface area (Å²) in [6, 6.07) is 1.82. The summed E-state index contributed by atoms with van der Waals surface area (Å²) in [6.07, 6.45) is 5.44. The Labute approximate surface area is 88.2 Å². The topological polar surface area (TPSA) is 48.1 Å². The first-order valence-electron chi connectivity index (χ1n) is 4.80.